The van der Waals surface area contributed by atoms with E-state index in [2.05, 4.69) is 20.8 Å². The van der Waals surface area contributed by atoms with E-state index in [1.807, 2.05) is 19.1 Å². The number of hydrogen-bond donors (Lipinski definition) is 2. The first kappa shape index (κ1) is 14.0. The molecule has 0 bridgehead atoms. The second-order valence-corrected chi connectivity index (χ2v) is 5.40. The minimum absolute atomic E-state index is 0.0121. The van der Waals surface area contributed by atoms with Gasteiger partial charge in [0.05, 0.1) is 16.8 Å². The lowest BCUT2D eigenvalue weighted by Crippen LogP contribution is -2.16. The van der Waals surface area contributed by atoms with E-state index in [9.17, 15) is 4.79 Å². The second-order valence-electron chi connectivity index (χ2n) is 4.99. The maximum atomic E-state index is 12.2. The van der Waals surface area contributed by atoms with Crippen molar-refractivity contribution >= 4 is 23.2 Å². The molecule has 1 fully saturated rings. The molecule has 1 saturated heterocycles. The number of nitrogens with zero attached hydrogens (tertiary/aromatic N) is 2. The fraction of sp³-hybridized carbons (Fsp3) is 0.357. The van der Waals surface area contributed by atoms with Gasteiger partial charge < -0.3 is 15.2 Å². The molecular weight excluding hydrogens is 292 g/mol. The molecule has 1 aromatic heterocycles. The Morgan fingerprint density at radius 3 is 3.10 bits per heavy atom. The number of hydrogen-bond acceptors (Lipinski definition) is 5. The number of anilines is 1. The molecule has 1 atom stereocenters. The van der Waals surface area contributed by atoms with Gasteiger partial charge in [0.25, 0.3) is 11.7 Å². The Morgan fingerprint density at radius 2 is 2.38 bits per heavy atom. The summed E-state index contributed by atoms with van der Waals surface area (Å²) in [6.07, 6.45) is 2.00. The van der Waals surface area contributed by atoms with Gasteiger partial charge in [0.2, 0.25) is 5.89 Å². The SMILES string of the molecule is Cc1cccc(Cl)c1NC(=O)c1noc(C2CCCN2)n1. The van der Waals surface area contributed by atoms with Crippen molar-refractivity contribution in [2.24, 2.45) is 0 Å². The summed E-state index contributed by atoms with van der Waals surface area (Å²) in [7, 11) is 0. The summed E-state index contributed by atoms with van der Waals surface area (Å²) in [6.45, 7) is 2.79. The van der Waals surface area contributed by atoms with Crippen LogP contribution in [0.4, 0.5) is 5.69 Å². The molecule has 2 aromatic rings. The van der Waals surface area contributed by atoms with Crippen LogP contribution < -0.4 is 10.6 Å². The Kier molecular flexibility index (Phi) is 3.90. The molecule has 110 valence electrons. The van der Waals surface area contributed by atoms with Gasteiger partial charge in [0.15, 0.2) is 0 Å². The van der Waals surface area contributed by atoms with E-state index in [0.717, 1.165) is 24.9 Å². The molecule has 2 heterocycles. The normalized spacial score (nSPS) is 17.9. The fourth-order valence-corrected chi connectivity index (χ4v) is 2.59. The summed E-state index contributed by atoms with van der Waals surface area (Å²) >= 11 is 6.08. The highest BCUT2D eigenvalue weighted by atomic mass is 35.5. The third kappa shape index (κ3) is 2.91. The van der Waals surface area contributed by atoms with Crippen LogP contribution in [-0.2, 0) is 0 Å². The summed E-state index contributed by atoms with van der Waals surface area (Å²) in [4.78, 5) is 16.3. The smallest absolute Gasteiger partial charge is 0.297 e. The van der Waals surface area contributed by atoms with Gasteiger partial charge in [-0.2, -0.15) is 4.98 Å². The highest BCUT2D eigenvalue weighted by Crippen LogP contribution is 2.26. The van der Waals surface area contributed by atoms with Gasteiger partial charge in [0.1, 0.15) is 0 Å². The Bertz CT molecular complexity index is 644. The number of rotatable bonds is 3. The average molecular weight is 307 g/mol. The lowest BCUT2D eigenvalue weighted by Gasteiger charge is -2.08. The zero-order chi connectivity index (χ0) is 14.8. The zero-order valence-electron chi connectivity index (χ0n) is 11.5. The molecule has 1 aliphatic heterocycles. The molecule has 1 aliphatic rings. The summed E-state index contributed by atoms with van der Waals surface area (Å²) in [5.74, 6) is 0.0331. The standard InChI is InChI=1S/C14H15ClN4O2/c1-8-4-2-5-9(15)11(8)17-13(20)12-18-14(21-19-12)10-6-3-7-16-10/h2,4-5,10,16H,3,6-7H2,1H3,(H,17,20). The van der Waals surface area contributed by atoms with Crippen LogP contribution in [0.5, 0.6) is 0 Å². The largest absolute Gasteiger partial charge is 0.337 e. The van der Waals surface area contributed by atoms with Crippen molar-refractivity contribution in [3.05, 3.63) is 40.5 Å². The first-order valence-electron chi connectivity index (χ1n) is 6.78. The molecule has 1 unspecified atom stereocenters. The molecule has 6 nitrogen and oxygen atoms in total. The van der Waals surface area contributed by atoms with Crippen LogP contribution in [0.25, 0.3) is 0 Å². The van der Waals surface area contributed by atoms with Crippen molar-refractivity contribution in [2.45, 2.75) is 25.8 Å². The predicted octanol–water partition coefficient (Wildman–Crippen LogP) is 2.71. The fourth-order valence-electron chi connectivity index (χ4n) is 2.32. The number of carbonyl (C=O) groups is 1. The quantitative estimate of drug-likeness (QED) is 0.911. The van der Waals surface area contributed by atoms with Crippen LogP contribution in [0.1, 0.15) is 41.0 Å². The van der Waals surface area contributed by atoms with Crippen LogP contribution >= 0.6 is 11.6 Å². The van der Waals surface area contributed by atoms with E-state index in [1.165, 1.54) is 0 Å². The van der Waals surface area contributed by atoms with Crippen LogP contribution in [-0.4, -0.2) is 22.6 Å². The van der Waals surface area contributed by atoms with Crippen LogP contribution in [0.2, 0.25) is 5.02 Å². The monoisotopic (exact) mass is 306 g/mol. The molecule has 3 rings (SSSR count). The summed E-state index contributed by atoms with van der Waals surface area (Å²) in [6, 6.07) is 5.45. The van der Waals surface area contributed by atoms with Crippen molar-refractivity contribution < 1.29 is 9.32 Å². The van der Waals surface area contributed by atoms with Crippen LogP contribution in [0.15, 0.2) is 22.7 Å². The van der Waals surface area contributed by atoms with Gasteiger partial charge in [-0.15, -0.1) is 0 Å². The molecule has 7 heteroatoms. The Balaban J connectivity index is 1.76. The van der Waals surface area contributed by atoms with Crippen molar-refractivity contribution in [3.63, 3.8) is 0 Å². The molecule has 2 N–H and O–H groups in total. The summed E-state index contributed by atoms with van der Waals surface area (Å²) in [5, 5.41) is 10.2. The Labute approximate surface area is 126 Å². The maximum absolute atomic E-state index is 12.2. The number of aromatic nitrogens is 2. The first-order chi connectivity index (χ1) is 10.1. The molecule has 0 spiro atoms. The number of halogens is 1. The zero-order valence-corrected chi connectivity index (χ0v) is 12.3. The van der Waals surface area contributed by atoms with Crippen molar-refractivity contribution in [1.82, 2.24) is 15.5 Å². The van der Waals surface area contributed by atoms with Gasteiger partial charge in [-0.05, 0) is 37.9 Å². The predicted molar refractivity (Wildman–Crippen MR) is 78.4 cm³/mol. The Morgan fingerprint density at radius 1 is 1.52 bits per heavy atom. The minimum atomic E-state index is -0.431. The van der Waals surface area contributed by atoms with E-state index in [-0.39, 0.29) is 11.9 Å². The van der Waals surface area contributed by atoms with Gasteiger partial charge in [0, 0.05) is 0 Å². The number of amides is 1. The van der Waals surface area contributed by atoms with E-state index < -0.39 is 5.91 Å². The molecular formula is C14H15ClN4O2. The minimum Gasteiger partial charge on any atom is -0.337 e. The van der Waals surface area contributed by atoms with Gasteiger partial charge in [-0.3, -0.25) is 4.79 Å². The third-order valence-electron chi connectivity index (χ3n) is 3.46. The van der Waals surface area contributed by atoms with Gasteiger partial charge in [-0.1, -0.05) is 28.9 Å². The van der Waals surface area contributed by atoms with Crippen molar-refractivity contribution in [2.75, 3.05) is 11.9 Å². The molecule has 21 heavy (non-hydrogen) atoms. The van der Waals surface area contributed by atoms with Crippen molar-refractivity contribution in [1.29, 1.82) is 0 Å². The highest BCUT2D eigenvalue weighted by Gasteiger charge is 2.24. The molecule has 1 aromatic carbocycles. The van der Waals surface area contributed by atoms with Crippen LogP contribution in [0, 0.1) is 6.92 Å². The van der Waals surface area contributed by atoms with E-state index >= 15 is 0 Å². The third-order valence-corrected chi connectivity index (χ3v) is 3.78. The highest BCUT2D eigenvalue weighted by molar-refractivity contribution is 6.34. The summed E-state index contributed by atoms with van der Waals surface area (Å²) < 4.78 is 5.15. The number of benzene rings is 1. The van der Waals surface area contributed by atoms with Crippen LogP contribution in [0.3, 0.4) is 0 Å². The second kappa shape index (κ2) is 5.83. The average Bonchev–Trinajstić information content (AvgIpc) is 3.12. The first-order valence-corrected chi connectivity index (χ1v) is 7.16. The maximum Gasteiger partial charge on any atom is 0.297 e. The number of para-hydroxylation sites is 1. The Hall–Kier alpha value is -1.92. The van der Waals surface area contributed by atoms with Gasteiger partial charge >= 0.3 is 0 Å². The van der Waals surface area contributed by atoms with E-state index in [1.54, 1.807) is 6.07 Å². The van der Waals surface area contributed by atoms with E-state index in [4.69, 9.17) is 16.1 Å². The van der Waals surface area contributed by atoms with E-state index in [0.29, 0.717) is 16.6 Å². The molecule has 0 saturated carbocycles. The number of nitrogens with one attached hydrogen (secondary N) is 2. The number of carbonyl (C=O) groups excluding carboxylic acids is 1. The molecule has 1 amide bonds. The molecule has 0 radical (unpaired) electrons. The number of aryl methyl sites for hydroxylation is 1. The summed E-state index contributed by atoms with van der Waals surface area (Å²) in [5.41, 5.74) is 1.44. The lowest BCUT2D eigenvalue weighted by molar-refractivity contribution is 0.101. The van der Waals surface area contributed by atoms with Crippen molar-refractivity contribution in [3.8, 4) is 0 Å². The molecule has 0 aliphatic carbocycles. The lowest BCUT2D eigenvalue weighted by atomic mass is 10.2. The van der Waals surface area contributed by atoms with Gasteiger partial charge in [-0.25, -0.2) is 0 Å². The topological polar surface area (TPSA) is 80.0 Å².